The molecule has 180 valence electrons. The maximum Gasteiger partial charge on any atom is 0.408 e. The topological polar surface area (TPSA) is 81.0 Å². The summed E-state index contributed by atoms with van der Waals surface area (Å²) in [5.74, 6) is 0.897. The van der Waals surface area contributed by atoms with Gasteiger partial charge in [0.1, 0.15) is 12.3 Å². The zero-order valence-electron chi connectivity index (χ0n) is 17.7. The summed E-state index contributed by atoms with van der Waals surface area (Å²) in [7, 11) is 0. The molecule has 1 aliphatic heterocycles. The third-order valence-electron chi connectivity index (χ3n) is 6.08. The Balaban J connectivity index is 1.34. The number of nitrogens with one attached hydrogen (secondary N) is 1. The van der Waals surface area contributed by atoms with Gasteiger partial charge in [0.25, 0.3) is 0 Å². The van der Waals surface area contributed by atoms with Crippen LogP contribution in [0.5, 0.6) is 11.8 Å². The van der Waals surface area contributed by atoms with Gasteiger partial charge in [-0.2, -0.15) is 23.3 Å². The van der Waals surface area contributed by atoms with Crippen LogP contribution in [0.15, 0.2) is 36.5 Å². The Labute approximate surface area is 203 Å². The summed E-state index contributed by atoms with van der Waals surface area (Å²) >= 11 is 11.9. The molecule has 1 aliphatic carbocycles. The summed E-state index contributed by atoms with van der Waals surface area (Å²) in [6.07, 6.45) is -0.832. The van der Waals surface area contributed by atoms with Gasteiger partial charge in [-0.15, -0.1) is 10.2 Å². The van der Waals surface area contributed by atoms with E-state index in [0.717, 1.165) is 31.6 Å². The van der Waals surface area contributed by atoms with Gasteiger partial charge < -0.3 is 15.0 Å². The van der Waals surface area contributed by atoms with Crippen LogP contribution in [0.3, 0.4) is 0 Å². The summed E-state index contributed by atoms with van der Waals surface area (Å²) in [4.78, 5) is 6.44. The van der Waals surface area contributed by atoms with Gasteiger partial charge in [0.15, 0.2) is 5.15 Å². The second-order valence-electron chi connectivity index (χ2n) is 8.46. The van der Waals surface area contributed by atoms with Crippen LogP contribution in [0, 0.1) is 11.8 Å². The predicted octanol–water partition coefficient (Wildman–Crippen LogP) is 5.06. The molecule has 5 rings (SSSR count). The van der Waals surface area contributed by atoms with E-state index in [1.807, 2.05) is 0 Å². The van der Waals surface area contributed by atoms with E-state index in [2.05, 4.69) is 30.5 Å². The fourth-order valence-corrected chi connectivity index (χ4v) is 5.03. The molecule has 0 radical (unpaired) electrons. The lowest BCUT2D eigenvalue weighted by Gasteiger charge is -2.39. The summed E-state index contributed by atoms with van der Waals surface area (Å²) in [5, 5.41) is 15.8. The maximum absolute atomic E-state index is 13.1. The van der Waals surface area contributed by atoms with E-state index in [9.17, 15) is 13.2 Å². The molecule has 2 fully saturated rings. The van der Waals surface area contributed by atoms with E-state index >= 15 is 0 Å². The van der Waals surface area contributed by atoms with E-state index in [0.29, 0.717) is 14.9 Å². The second kappa shape index (κ2) is 9.10. The summed E-state index contributed by atoms with van der Waals surface area (Å²) < 4.78 is 45.8. The van der Waals surface area contributed by atoms with Crippen molar-refractivity contribution in [2.24, 2.45) is 11.8 Å². The van der Waals surface area contributed by atoms with E-state index in [-0.39, 0.29) is 35.6 Å². The molecule has 1 N–H and O–H groups in total. The lowest BCUT2D eigenvalue weighted by atomic mass is 9.92. The number of fused-ring (bicyclic) bond motifs is 2. The van der Waals surface area contributed by atoms with Gasteiger partial charge in [-0.1, -0.05) is 29.3 Å². The van der Waals surface area contributed by atoms with Crippen molar-refractivity contribution >= 4 is 34.8 Å². The zero-order chi connectivity index (χ0) is 23.9. The largest absolute Gasteiger partial charge is 0.424 e. The number of benzene rings is 1. The van der Waals surface area contributed by atoms with Gasteiger partial charge in [0, 0.05) is 30.2 Å². The minimum absolute atomic E-state index is 0.0299. The van der Waals surface area contributed by atoms with Gasteiger partial charge in [-0.25, -0.2) is 4.68 Å². The Morgan fingerprint density at radius 1 is 1.12 bits per heavy atom. The fraction of sp³-hybridized carbons (Fsp3) is 0.429. The van der Waals surface area contributed by atoms with Crippen molar-refractivity contribution < 1.29 is 17.9 Å². The Bertz CT molecular complexity index is 1160. The normalized spacial score (nSPS) is 22.1. The minimum atomic E-state index is -4.48. The van der Waals surface area contributed by atoms with Crippen molar-refractivity contribution in [3.05, 3.63) is 46.7 Å². The SMILES string of the molecule is FC(F)(F)Cn1nc(NC2C3CCC2CN(c2cnnc(Cl)c2)C3)nc1Oc1cccc(Cl)c1. The highest BCUT2D eigenvalue weighted by Gasteiger charge is 2.43. The standard InChI is InChI=1S/C21H20Cl2F3N7O/c22-14-2-1-3-16(6-14)34-20-29-19(31-33(20)11-21(24,25)26)28-18-12-4-5-13(18)10-32(9-12)15-7-17(23)30-27-8-15/h1-3,6-8,12-13,18H,4-5,9-11H2,(H,28,31). The minimum Gasteiger partial charge on any atom is -0.424 e. The number of anilines is 2. The molecule has 2 aromatic heterocycles. The Hall–Kier alpha value is -2.79. The summed E-state index contributed by atoms with van der Waals surface area (Å²) in [5.41, 5.74) is 0.903. The highest BCUT2D eigenvalue weighted by atomic mass is 35.5. The number of piperidine rings is 1. The molecule has 2 atom stereocenters. The molecule has 1 saturated carbocycles. The van der Waals surface area contributed by atoms with Crippen LogP contribution in [-0.2, 0) is 6.54 Å². The highest BCUT2D eigenvalue weighted by molar-refractivity contribution is 6.30. The number of ether oxygens (including phenoxy) is 1. The number of halogens is 5. The van der Waals surface area contributed by atoms with Crippen LogP contribution < -0.4 is 15.0 Å². The van der Waals surface area contributed by atoms with Crippen LogP contribution >= 0.6 is 23.2 Å². The van der Waals surface area contributed by atoms with Crippen LogP contribution in [0.2, 0.25) is 10.2 Å². The molecule has 2 bridgehead atoms. The quantitative estimate of drug-likeness (QED) is 0.493. The lowest BCUT2D eigenvalue weighted by molar-refractivity contribution is -0.143. The maximum atomic E-state index is 13.1. The molecule has 0 amide bonds. The molecular formula is C21H20Cl2F3N7O. The smallest absolute Gasteiger partial charge is 0.408 e. The molecule has 1 saturated heterocycles. The molecular weight excluding hydrogens is 494 g/mol. The van der Waals surface area contributed by atoms with Gasteiger partial charge in [0.05, 0.1) is 11.9 Å². The van der Waals surface area contributed by atoms with Crippen molar-refractivity contribution in [3.63, 3.8) is 0 Å². The lowest BCUT2D eigenvalue weighted by Crippen LogP contribution is -2.48. The molecule has 2 aliphatic rings. The average Bonchev–Trinajstić information content (AvgIpc) is 3.21. The van der Waals surface area contributed by atoms with Crippen LogP contribution in [0.1, 0.15) is 12.8 Å². The Kier molecular flexibility index (Phi) is 6.15. The fourth-order valence-electron chi connectivity index (χ4n) is 4.70. The number of rotatable bonds is 6. The van der Waals surface area contributed by atoms with Crippen molar-refractivity contribution in [2.45, 2.75) is 31.6 Å². The molecule has 8 nitrogen and oxygen atoms in total. The van der Waals surface area contributed by atoms with E-state index in [1.54, 1.807) is 30.5 Å². The molecule has 13 heteroatoms. The average molecular weight is 514 g/mol. The number of hydrogen-bond donors (Lipinski definition) is 1. The van der Waals surface area contributed by atoms with Crippen LogP contribution in [0.4, 0.5) is 24.8 Å². The third kappa shape index (κ3) is 5.15. The van der Waals surface area contributed by atoms with Crippen molar-refractivity contribution in [2.75, 3.05) is 23.3 Å². The van der Waals surface area contributed by atoms with E-state index in [4.69, 9.17) is 27.9 Å². The highest BCUT2D eigenvalue weighted by Crippen LogP contribution is 2.40. The first-order valence-corrected chi connectivity index (χ1v) is 11.4. The van der Waals surface area contributed by atoms with Crippen LogP contribution in [-0.4, -0.2) is 50.3 Å². The van der Waals surface area contributed by atoms with E-state index < -0.39 is 12.7 Å². The first kappa shape index (κ1) is 23.0. The molecule has 1 aromatic carbocycles. The van der Waals surface area contributed by atoms with Crippen molar-refractivity contribution in [1.29, 1.82) is 0 Å². The second-order valence-corrected chi connectivity index (χ2v) is 9.28. The monoisotopic (exact) mass is 513 g/mol. The molecule has 3 aromatic rings. The van der Waals surface area contributed by atoms with Gasteiger partial charge in [-0.05, 0) is 42.9 Å². The first-order chi connectivity index (χ1) is 16.2. The zero-order valence-corrected chi connectivity index (χ0v) is 19.2. The van der Waals surface area contributed by atoms with Crippen molar-refractivity contribution in [3.8, 4) is 11.8 Å². The number of hydrogen-bond acceptors (Lipinski definition) is 7. The molecule has 34 heavy (non-hydrogen) atoms. The van der Waals surface area contributed by atoms with Gasteiger partial charge in [0.2, 0.25) is 5.95 Å². The molecule has 0 spiro atoms. The first-order valence-electron chi connectivity index (χ1n) is 10.7. The number of nitrogens with zero attached hydrogens (tertiary/aromatic N) is 6. The Morgan fingerprint density at radius 2 is 1.88 bits per heavy atom. The molecule has 3 heterocycles. The van der Waals surface area contributed by atoms with Gasteiger partial charge in [-0.3, -0.25) is 0 Å². The number of alkyl halides is 3. The summed E-state index contributed by atoms with van der Waals surface area (Å²) in [6.45, 7) is 0.190. The van der Waals surface area contributed by atoms with E-state index in [1.165, 1.54) is 6.07 Å². The van der Waals surface area contributed by atoms with Crippen molar-refractivity contribution in [1.82, 2.24) is 25.0 Å². The predicted molar refractivity (Wildman–Crippen MR) is 120 cm³/mol. The van der Waals surface area contributed by atoms with Crippen LogP contribution in [0.25, 0.3) is 0 Å². The molecule has 2 unspecified atom stereocenters. The number of aromatic nitrogens is 5. The third-order valence-corrected chi connectivity index (χ3v) is 6.50. The summed E-state index contributed by atoms with van der Waals surface area (Å²) in [6, 6.07) is 7.91. The van der Waals surface area contributed by atoms with Gasteiger partial charge >= 0.3 is 12.2 Å². The Morgan fingerprint density at radius 3 is 2.56 bits per heavy atom.